The highest BCUT2D eigenvalue weighted by Crippen LogP contribution is 2.27. The maximum Gasteiger partial charge on any atom is 0.304 e. The largest absolute Gasteiger partial charge is 0.481 e. The molecule has 0 aliphatic carbocycles. The van der Waals surface area contributed by atoms with Crippen LogP contribution < -0.4 is 0 Å². The predicted octanol–water partition coefficient (Wildman–Crippen LogP) is 2.12. The first kappa shape index (κ1) is 11.8. The standard InChI is InChI=1S/C11H18N2O2/c1-4-13-10(5-6-12-13)9(8(2)3)7-11(14)15/h5-6,8-9H,4,7H2,1-3H3,(H,14,15). The van der Waals surface area contributed by atoms with Gasteiger partial charge in [0, 0.05) is 24.4 Å². The third-order valence-corrected chi connectivity index (χ3v) is 2.63. The van der Waals surface area contributed by atoms with E-state index in [1.165, 1.54) is 0 Å². The molecule has 0 amide bonds. The molecule has 0 radical (unpaired) electrons. The smallest absolute Gasteiger partial charge is 0.304 e. The van der Waals surface area contributed by atoms with Gasteiger partial charge in [0.05, 0.1) is 6.42 Å². The molecule has 0 fully saturated rings. The summed E-state index contributed by atoms with van der Waals surface area (Å²) in [7, 11) is 0. The van der Waals surface area contributed by atoms with Crippen LogP contribution in [0.3, 0.4) is 0 Å². The Hall–Kier alpha value is -1.32. The summed E-state index contributed by atoms with van der Waals surface area (Å²) in [6.45, 7) is 6.88. The molecule has 1 rings (SSSR count). The summed E-state index contributed by atoms with van der Waals surface area (Å²) in [6.07, 6.45) is 1.90. The summed E-state index contributed by atoms with van der Waals surface area (Å²) in [4.78, 5) is 10.8. The number of hydrogen-bond acceptors (Lipinski definition) is 2. The topological polar surface area (TPSA) is 55.1 Å². The number of rotatable bonds is 5. The Morgan fingerprint density at radius 1 is 1.60 bits per heavy atom. The van der Waals surface area contributed by atoms with Crippen LogP contribution in [0.15, 0.2) is 12.3 Å². The van der Waals surface area contributed by atoms with Crippen molar-refractivity contribution >= 4 is 5.97 Å². The summed E-state index contributed by atoms with van der Waals surface area (Å²) >= 11 is 0. The minimum Gasteiger partial charge on any atom is -0.481 e. The summed E-state index contributed by atoms with van der Waals surface area (Å²) in [6, 6.07) is 1.91. The lowest BCUT2D eigenvalue weighted by Crippen LogP contribution is -2.16. The molecular weight excluding hydrogens is 192 g/mol. The first-order valence-corrected chi connectivity index (χ1v) is 5.29. The van der Waals surface area contributed by atoms with Gasteiger partial charge in [-0.15, -0.1) is 0 Å². The molecule has 0 bridgehead atoms. The van der Waals surface area contributed by atoms with Crippen molar-refractivity contribution in [3.05, 3.63) is 18.0 Å². The highest BCUT2D eigenvalue weighted by atomic mass is 16.4. The summed E-state index contributed by atoms with van der Waals surface area (Å²) < 4.78 is 1.87. The van der Waals surface area contributed by atoms with Gasteiger partial charge < -0.3 is 5.11 Å². The first-order chi connectivity index (χ1) is 7.06. The van der Waals surface area contributed by atoms with Gasteiger partial charge in [-0.05, 0) is 18.9 Å². The van der Waals surface area contributed by atoms with Crippen LogP contribution in [0.2, 0.25) is 0 Å². The van der Waals surface area contributed by atoms with E-state index in [4.69, 9.17) is 5.11 Å². The number of aliphatic carboxylic acids is 1. The van der Waals surface area contributed by atoms with Crippen LogP contribution in [0, 0.1) is 5.92 Å². The minimum atomic E-state index is -0.752. The minimum absolute atomic E-state index is 0.0462. The Morgan fingerprint density at radius 2 is 2.27 bits per heavy atom. The molecule has 1 aromatic rings. The second-order valence-electron chi connectivity index (χ2n) is 4.02. The van der Waals surface area contributed by atoms with Gasteiger partial charge >= 0.3 is 5.97 Å². The number of nitrogens with zero attached hydrogens (tertiary/aromatic N) is 2. The molecule has 0 aliphatic rings. The summed E-state index contributed by atoms with van der Waals surface area (Å²) in [5, 5.41) is 13.0. The first-order valence-electron chi connectivity index (χ1n) is 5.29. The van der Waals surface area contributed by atoms with Crippen molar-refractivity contribution in [2.45, 2.75) is 39.7 Å². The van der Waals surface area contributed by atoms with Crippen LogP contribution in [-0.2, 0) is 11.3 Å². The summed E-state index contributed by atoms with van der Waals surface area (Å²) in [5.41, 5.74) is 1.02. The molecule has 1 heterocycles. The van der Waals surface area contributed by atoms with E-state index in [1.807, 2.05) is 31.5 Å². The van der Waals surface area contributed by atoms with E-state index in [9.17, 15) is 4.79 Å². The second kappa shape index (κ2) is 4.96. The summed E-state index contributed by atoms with van der Waals surface area (Å²) in [5.74, 6) is -0.398. The molecule has 0 spiro atoms. The molecule has 0 saturated carbocycles. The quantitative estimate of drug-likeness (QED) is 0.809. The number of aromatic nitrogens is 2. The van der Waals surface area contributed by atoms with Gasteiger partial charge in [0.15, 0.2) is 0 Å². The lowest BCUT2D eigenvalue weighted by molar-refractivity contribution is -0.137. The zero-order chi connectivity index (χ0) is 11.4. The van der Waals surface area contributed by atoms with E-state index in [-0.39, 0.29) is 12.3 Å². The maximum atomic E-state index is 10.8. The predicted molar refractivity (Wildman–Crippen MR) is 57.7 cm³/mol. The van der Waals surface area contributed by atoms with E-state index in [0.29, 0.717) is 5.92 Å². The highest BCUT2D eigenvalue weighted by Gasteiger charge is 2.22. The van der Waals surface area contributed by atoms with Crippen LogP contribution in [0.4, 0.5) is 0 Å². The van der Waals surface area contributed by atoms with Crippen molar-refractivity contribution in [3.63, 3.8) is 0 Å². The third kappa shape index (κ3) is 2.81. The van der Waals surface area contributed by atoms with Crippen LogP contribution in [0.1, 0.15) is 38.8 Å². The molecule has 0 aromatic carbocycles. The molecule has 0 aliphatic heterocycles. The van der Waals surface area contributed by atoms with Crippen molar-refractivity contribution in [1.82, 2.24) is 9.78 Å². The molecule has 15 heavy (non-hydrogen) atoms. The van der Waals surface area contributed by atoms with Crippen molar-refractivity contribution < 1.29 is 9.90 Å². The fourth-order valence-electron chi connectivity index (χ4n) is 1.79. The Labute approximate surface area is 89.9 Å². The second-order valence-corrected chi connectivity index (χ2v) is 4.02. The third-order valence-electron chi connectivity index (χ3n) is 2.63. The van der Waals surface area contributed by atoms with Gasteiger partial charge in [-0.3, -0.25) is 9.48 Å². The zero-order valence-electron chi connectivity index (χ0n) is 9.47. The van der Waals surface area contributed by atoms with Crippen LogP contribution in [0.5, 0.6) is 0 Å². The van der Waals surface area contributed by atoms with E-state index < -0.39 is 5.97 Å². The molecule has 1 unspecified atom stereocenters. The Balaban J connectivity index is 2.93. The van der Waals surface area contributed by atoms with Gasteiger partial charge in [0.1, 0.15) is 0 Å². The van der Waals surface area contributed by atoms with E-state index in [2.05, 4.69) is 5.10 Å². The number of carbonyl (C=O) groups is 1. The number of carboxylic acids is 1. The highest BCUT2D eigenvalue weighted by molar-refractivity contribution is 5.67. The average Bonchev–Trinajstić information content (AvgIpc) is 2.60. The number of carboxylic acid groups (broad SMARTS) is 1. The molecule has 1 N–H and O–H groups in total. The van der Waals surface area contributed by atoms with Crippen LogP contribution >= 0.6 is 0 Å². The van der Waals surface area contributed by atoms with Gasteiger partial charge in [-0.1, -0.05) is 13.8 Å². The number of aryl methyl sites for hydroxylation is 1. The zero-order valence-corrected chi connectivity index (χ0v) is 9.47. The lowest BCUT2D eigenvalue weighted by Gasteiger charge is -2.19. The Morgan fingerprint density at radius 3 is 2.73 bits per heavy atom. The molecule has 4 nitrogen and oxygen atoms in total. The molecule has 84 valence electrons. The average molecular weight is 210 g/mol. The Kier molecular flexibility index (Phi) is 3.88. The van der Waals surface area contributed by atoms with E-state index >= 15 is 0 Å². The van der Waals surface area contributed by atoms with Gasteiger partial charge in [-0.2, -0.15) is 5.10 Å². The molecular formula is C11H18N2O2. The molecule has 0 saturated heterocycles. The van der Waals surface area contributed by atoms with Gasteiger partial charge in [0.2, 0.25) is 0 Å². The van der Waals surface area contributed by atoms with Crippen LogP contribution in [-0.4, -0.2) is 20.9 Å². The molecule has 4 heteroatoms. The number of hydrogen-bond donors (Lipinski definition) is 1. The molecule has 1 atom stereocenters. The van der Waals surface area contributed by atoms with Crippen molar-refractivity contribution in [1.29, 1.82) is 0 Å². The van der Waals surface area contributed by atoms with Crippen molar-refractivity contribution in [2.75, 3.05) is 0 Å². The Bertz CT molecular complexity index is 331. The van der Waals surface area contributed by atoms with Crippen molar-refractivity contribution in [2.24, 2.45) is 5.92 Å². The fraction of sp³-hybridized carbons (Fsp3) is 0.636. The van der Waals surface area contributed by atoms with Gasteiger partial charge in [0.25, 0.3) is 0 Å². The van der Waals surface area contributed by atoms with Crippen molar-refractivity contribution in [3.8, 4) is 0 Å². The fourth-order valence-corrected chi connectivity index (χ4v) is 1.79. The SMILES string of the molecule is CCn1nccc1C(CC(=O)O)C(C)C. The van der Waals surface area contributed by atoms with E-state index in [0.717, 1.165) is 12.2 Å². The molecule has 1 aromatic heterocycles. The van der Waals surface area contributed by atoms with Gasteiger partial charge in [-0.25, -0.2) is 0 Å². The monoisotopic (exact) mass is 210 g/mol. The van der Waals surface area contributed by atoms with Crippen LogP contribution in [0.25, 0.3) is 0 Å². The van der Waals surface area contributed by atoms with E-state index in [1.54, 1.807) is 6.20 Å². The normalized spacial score (nSPS) is 13.1. The maximum absolute atomic E-state index is 10.8. The lowest BCUT2D eigenvalue weighted by atomic mass is 9.89.